The highest BCUT2D eigenvalue weighted by atomic mass is 79.9. The molecule has 2 aromatic carbocycles. The van der Waals surface area contributed by atoms with Gasteiger partial charge in [-0.15, -0.1) is 0 Å². The first-order valence-corrected chi connectivity index (χ1v) is 7.81. The Morgan fingerprint density at radius 1 is 1.40 bits per heavy atom. The molecule has 0 atom stereocenters. The third-order valence-corrected chi connectivity index (χ3v) is 3.66. The molecule has 130 valence electrons. The Balaban J connectivity index is 2.02. The van der Waals surface area contributed by atoms with E-state index in [4.69, 9.17) is 4.74 Å². The normalized spacial score (nSPS) is 10.6. The maximum Gasteiger partial charge on any atom is 0.312 e. The van der Waals surface area contributed by atoms with Gasteiger partial charge in [-0.05, 0) is 23.8 Å². The molecule has 0 radical (unpaired) electrons. The van der Waals surface area contributed by atoms with Crippen LogP contribution in [0.25, 0.3) is 0 Å². The molecule has 0 bridgehead atoms. The summed E-state index contributed by atoms with van der Waals surface area (Å²) in [6.07, 6.45) is 1.24. The van der Waals surface area contributed by atoms with Gasteiger partial charge >= 0.3 is 5.69 Å². The minimum absolute atomic E-state index is 0.103. The maximum absolute atomic E-state index is 11.8. The Bertz CT molecular complexity index is 821. The second-order valence-electron chi connectivity index (χ2n) is 4.94. The monoisotopic (exact) mass is 407 g/mol. The summed E-state index contributed by atoms with van der Waals surface area (Å²) in [4.78, 5) is 22.0. The van der Waals surface area contributed by atoms with Gasteiger partial charge in [-0.2, -0.15) is 5.10 Å². The van der Waals surface area contributed by atoms with E-state index in [0.717, 1.165) is 11.8 Å². The van der Waals surface area contributed by atoms with Crippen molar-refractivity contribution in [1.82, 2.24) is 5.43 Å². The lowest BCUT2D eigenvalue weighted by molar-refractivity contribution is -0.385. The summed E-state index contributed by atoms with van der Waals surface area (Å²) < 4.78 is 5.44. The van der Waals surface area contributed by atoms with Crippen LogP contribution in [0.15, 0.2) is 46.0 Å². The first kappa shape index (κ1) is 18.4. The zero-order valence-electron chi connectivity index (χ0n) is 13.1. The number of hydrogen-bond acceptors (Lipinski definition) is 6. The zero-order valence-corrected chi connectivity index (χ0v) is 14.7. The minimum Gasteiger partial charge on any atom is -0.502 e. The number of nitrogens with zero attached hydrogens (tertiary/aromatic N) is 2. The molecule has 2 N–H and O–H groups in total. The van der Waals surface area contributed by atoms with E-state index in [1.807, 2.05) is 0 Å². The van der Waals surface area contributed by atoms with Crippen LogP contribution < -0.4 is 10.2 Å². The van der Waals surface area contributed by atoms with Crippen LogP contribution in [0.2, 0.25) is 0 Å². The maximum atomic E-state index is 11.8. The Hall–Kier alpha value is -2.94. The van der Waals surface area contributed by atoms with Gasteiger partial charge in [-0.3, -0.25) is 14.9 Å². The van der Waals surface area contributed by atoms with Gasteiger partial charge in [0.2, 0.25) is 11.7 Å². The van der Waals surface area contributed by atoms with Crippen molar-refractivity contribution in [2.24, 2.45) is 5.10 Å². The molecule has 0 aliphatic heterocycles. The van der Waals surface area contributed by atoms with Crippen molar-refractivity contribution >= 4 is 33.7 Å². The molecule has 2 rings (SSSR count). The number of phenolic OH excluding ortho intramolecular Hbond substituents is 1. The van der Waals surface area contributed by atoms with E-state index in [0.29, 0.717) is 10.2 Å². The van der Waals surface area contributed by atoms with E-state index in [2.05, 4.69) is 26.5 Å². The number of aromatic hydroxyl groups is 1. The van der Waals surface area contributed by atoms with Gasteiger partial charge in [0.05, 0.1) is 24.7 Å². The standard InChI is InChI=1S/C16H14BrN3O5/c1-25-13-4-2-10(3-5-13)6-15(21)19-18-9-11-7-12(17)8-14(16(11)22)20(23)24/h2-5,7-9,22H,6H2,1H3,(H,19,21)/b18-9+. The molecular weight excluding hydrogens is 394 g/mol. The van der Waals surface area contributed by atoms with Crippen molar-refractivity contribution in [1.29, 1.82) is 0 Å². The van der Waals surface area contributed by atoms with Crippen LogP contribution in [0, 0.1) is 10.1 Å². The number of nitro benzene ring substituents is 1. The summed E-state index contributed by atoms with van der Waals surface area (Å²) in [6, 6.07) is 9.61. The predicted molar refractivity (Wildman–Crippen MR) is 94.9 cm³/mol. The van der Waals surface area contributed by atoms with Gasteiger partial charge in [0.15, 0.2) is 0 Å². The molecular formula is C16H14BrN3O5. The molecule has 0 aliphatic carbocycles. The molecule has 2 aromatic rings. The summed E-state index contributed by atoms with van der Waals surface area (Å²) in [6.45, 7) is 0. The van der Waals surface area contributed by atoms with Crippen molar-refractivity contribution in [3.63, 3.8) is 0 Å². The molecule has 0 heterocycles. The van der Waals surface area contributed by atoms with Crippen molar-refractivity contribution in [3.05, 3.63) is 62.1 Å². The summed E-state index contributed by atoms with van der Waals surface area (Å²) in [5.74, 6) is -0.208. The molecule has 0 saturated heterocycles. The Labute approximate surface area is 151 Å². The molecule has 0 spiro atoms. The van der Waals surface area contributed by atoms with Crippen LogP contribution >= 0.6 is 15.9 Å². The Kier molecular flexibility index (Phi) is 6.07. The minimum atomic E-state index is -0.709. The quantitative estimate of drug-likeness (QED) is 0.434. The van der Waals surface area contributed by atoms with Crippen LogP contribution in [0.1, 0.15) is 11.1 Å². The number of carbonyl (C=O) groups excluding carboxylic acids is 1. The number of halogens is 1. The van der Waals surface area contributed by atoms with E-state index < -0.39 is 16.4 Å². The first-order valence-electron chi connectivity index (χ1n) is 7.02. The molecule has 8 nitrogen and oxygen atoms in total. The molecule has 0 aromatic heterocycles. The highest BCUT2D eigenvalue weighted by molar-refractivity contribution is 9.10. The highest BCUT2D eigenvalue weighted by Crippen LogP contribution is 2.32. The van der Waals surface area contributed by atoms with Crippen molar-refractivity contribution < 1.29 is 19.6 Å². The third kappa shape index (κ3) is 5.01. The zero-order chi connectivity index (χ0) is 18.4. The molecule has 0 unspecified atom stereocenters. The predicted octanol–water partition coefficient (Wildman–Crippen LogP) is 2.76. The summed E-state index contributed by atoms with van der Waals surface area (Å²) in [5.41, 5.74) is 2.72. The van der Waals surface area contributed by atoms with Crippen LogP contribution in [-0.2, 0) is 11.2 Å². The first-order chi connectivity index (χ1) is 11.9. The number of hydrogen-bond donors (Lipinski definition) is 2. The number of benzene rings is 2. The Morgan fingerprint density at radius 3 is 2.68 bits per heavy atom. The second kappa shape index (κ2) is 8.25. The summed E-state index contributed by atoms with van der Waals surface area (Å²) >= 11 is 3.12. The number of hydrazone groups is 1. The van der Waals surface area contributed by atoms with Crippen molar-refractivity contribution in [3.8, 4) is 11.5 Å². The van der Waals surface area contributed by atoms with Gasteiger partial charge in [-0.1, -0.05) is 28.1 Å². The lowest BCUT2D eigenvalue weighted by Gasteiger charge is -2.03. The van der Waals surface area contributed by atoms with E-state index in [9.17, 15) is 20.0 Å². The Morgan fingerprint density at radius 2 is 2.08 bits per heavy atom. The number of phenols is 1. The van der Waals surface area contributed by atoms with Crippen molar-refractivity contribution in [2.75, 3.05) is 7.11 Å². The SMILES string of the molecule is COc1ccc(CC(=O)N/N=C/c2cc(Br)cc([N+](=O)[O-])c2O)cc1. The fourth-order valence-corrected chi connectivity index (χ4v) is 2.45. The van der Waals surface area contributed by atoms with Gasteiger partial charge < -0.3 is 9.84 Å². The average Bonchev–Trinajstić information content (AvgIpc) is 2.58. The van der Waals surface area contributed by atoms with Gasteiger partial charge in [0, 0.05) is 16.1 Å². The molecule has 1 amide bonds. The average molecular weight is 408 g/mol. The fourth-order valence-electron chi connectivity index (χ4n) is 1.99. The largest absolute Gasteiger partial charge is 0.502 e. The highest BCUT2D eigenvalue weighted by Gasteiger charge is 2.17. The lowest BCUT2D eigenvalue weighted by atomic mass is 10.1. The molecule has 0 aliphatic rings. The summed E-state index contributed by atoms with van der Waals surface area (Å²) in [5, 5.41) is 24.4. The molecule has 25 heavy (non-hydrogen) atoms. The number of rotatable bonds is 6. The second-order valence-corrected chi connectivity index (χ2v) is 5.85. The fraction of sp³-hybridized carbons (Fsp3) is 0.125. The molecule has 0 saturated carbocycles. The van der Waals surface area contributed by atoms with E-state index >= 15 is 0 Å². The van der Waals surface area contributed by atoms with Gasteiger partial charge in [-0.25, -0.2) is 5.43 Å². The lowest BCUT2D eigenvalue weighted by Crippen LogP contribution is -2.19. The van der Waals surface area contributed by atoms with Crippen molar-refractivity contribution in [2.45, 2.75) is 6.42 Å². The van der Waals surface area contributed by atoms with Crippen LogP contribution in [0.3, 0.4) is 0 Å². The summed E-state index contributed by atoms with van der Waals surface area (Å²) in [7, 11) is 1.55. The van der Waals surface area contributed by atoms with Gasteiger partial charge in [0.1, 0.15) is 5.75 Å². The third-order valence-electron chi connectivity index (χ3n) is 3.20. The van der Waals surface area contributed by atoms with Gasteiger partial charge in [0.25, 0.3) is 0 Å². The van der Waals surface area contributed by atoms with E-state index in [1.54, 1.807) is 31.4 Å². The number of nitro groups is 1. The van der Waals surface area contributed by atoms with Crippen LogP contribution in [-0.4, -0.2) is 29.3 Å². The van der Waals surface area contributed by atoms with E-state index in [-0.39, 0.29) is 17.9 Å². The topological polar surface area (TPSA) is 114 Å². The van der Waals surface area contributed by atoms with E-state index in [1.165, 1.54) is 12.1 Å². The molecule has 9 heteroatoms. The number of nitrogens with one attached hydrogen (secondary N) is 1. The number of methoxy groups -OCH3 is 1. The number of carbonyl (C=O) groups is 1. The number of ether oxygens (including phenoxy) is 1. The van der Waals surface area contributed by atoms with Crippen LogP contribution in [0.5, 0.6) is 11.5 Å². The van der Waals surface area contributed by atoms with Crippen LogP contribution in [0.4, 0.5) is 5.69 Å². The number of amides is 1. The smallest absolute Gasteiger partial charge is 0.312 e. The molecule has 0 fully saturated rings.